The number of ether oxygens (including phenoxy) is 2. The van der Waals surface area contributed by atoms with E-state index >= 15 is 0 Å². The monoisotopic (exact) mass is 248 g/mol. The molecule has 0 amide bonds. The Hall–Kier alpha value is -2.50. The molecule has 0 aliphatic heterocycles. The molecule has 0 bridgehead atoms. The van der Waals surface area contributed by atoms with Crippen LogP contribution in [0.5, 0.6) is 5.75 Å². The third-order valence-corrected chi connectivity index (χ3v) is 2.46. The summed E-state index contributed by atoms with van der Waals surface area (Å²) in [7, 11) is 0. The van der Waals surface area contributed by atoms with Crippen molar-refractivity contribution in [1.82, 2.24) is 0 Å². The van der Waals surface area contributed by atoms with Gasteiger partial charge in [-0.1, -0.05) is 12.1 Å². The van der Waals surface area contributed by atoms with Gasteiger partial charge in [0, 0.05) is 12.5 Å². The van der Waals surface area contributed by atoms with Crippen molar-refractivity contribution in [2.24, 2.45) is 0 Å². The quantitative estimate of drug-likeness (QED) is 0.335. The molecule has 1 aliphatic carbocycles. The number of ketones is 2. The van der Waals surface area contributed by atoms with Gasteiger partial charge in [0.15, 0.2) is 0 Å². The Morgan fingerprint density at radius 1 is 1.28 bits per heavy atom. The van der Waals surface area contributed by atoms with Gasteiger partial charge in [-0.15, -0.1) is 0 Å². The minimum atomic E-state index is -1.48. The lowest BCUT2D eigenvalue weighted by Crippen LogP contribution is -2.25. The number of carbonyl (C=O) groups excluding carboxylic acids is 4. The van der Waals surface area contributed by atoms with Crippen molar-refractivity contribution in [3.63, 3.8) is 0 Å². The first-order valence-corrected chi connectivity index (χ1v) is 5.05. The normalized spacial score (nSPS) is 17.3. The van der Waals surface area contributed by atoms with Gasteiger partial charge in [-0.3, -0.25) is 19.2 Å². The van der Waals surface area contributed by atoms with Gasteiger partial charge >= 0.3 is 5.97 Å². The molecule has 1 aromatic carbocycles. The highest BCUT2D eigenvalue weighted by Crippen LogP contribution is 2.31. The maximum absolute atomic E-state index is 11.9. The van der Waals surface area contributed by atoms with Crippen LogP contribution in [-0.2, 0) is 14.3 Å². The zero-order chi connectivity index (χ0) is 13.3. The van der Waals surface area contributed by atoms with Gasteiger partial charge in [0.2, 0.25) is 17.7 Å². The van der Waals surface area contributed by atoms with E-state index < -0.39 is 23.6 Å². The van der Waals surface area contributed by atoms with Crippen LogP contribution in [0, 0.1) is 0 Å². The fraction of sp³-hybridized carbons (Fsp3) is 0.167. The second-order valence-corrected chi connectivity index (χ2v) is 3.61. The molecule has 0 radical (unpaired) electrons. The lowest BCUT2D eigenvalue weighted by molar-refractivity contribution is -0.132. The molecule has 0 heterocycles. The highest BCUT2D eigenvalue weighted by molar-refractivity contribution is 6.30. The van der Waals surface area contributed by atoms with E-state index in [9.17, 15) is 19.2 Å². The lowest BCUT2D eigenvalue weighted by atomic mass is 10.1. The molecule has 0 saturated heterocycles. The van der Waals surface area contributed by atoms with Gasteiger partial charge in [-0.05, 0) is 6.07 Å². The molecule has 6 heteroatoms. The standard InChI is InChI=1S/C12H8O6/c1-6(14)18-8-4-2-3-7-9(8)11(16)12(10(7)15)17-5-13/h2-5,12H,1H3. The second-order valence-electron chi connectivity index (χ2n) is 3.61. The smallest absolute Gasteiger partial charge is 0.308 e. The maximum Gasteiger partial charge on any atom is 0.308 e. The van der Waals surface area contributed by atoms with E-state index in [1.807, 2.05) is 0 Å². The molecule has 0 N–H and O–H groups in total. The van der Waals surface area contributed by atoms with Crippen molar-refractivity contribution in [3.8, 4) is 5.75 Å². The molecule has 0 aromatic heterocycles. The summed E-state index contributed by atoms with van der Waals surface area (Å²) in [5.74, 6) is -1.91. The Balaban J connectivity index is 2.50. The van der Waals surface area contributed by atoms with Gasteiger partial charge in [-0.25, -0.2) is 0 Å². The predicted octanol–water partition coefficient (Wildman–Crippen LogP) is 0.532. The lowest BCUT2D eigenvalue weighted by Gasteiger charge is -2.05. The van der Waals surface area contributed by atoms with Crippen LogP contribution in [0.2, 0.25) is 0 Å². The minimum Gasteiger partial charge on any atom is -0.448 e. The molecule has 2 rings (SSSR count). The third kappa shape index (κ3) is 1.77. The molecule has 92 valence electrons. The van der Waals surface area contributed by atoms with Gasteiger partial charge in [-0.2, -0.15) is 0 Å². The van der Waals surface area contributed by atoms with Crippen LogP contribution in [0.15, 0.2) is 18.2 Å². The van der Waals surface area contributed by atoms with E-state index in [4.69, 9.17) is 4.74 Å². The van der Waals surface area contributed by atoms with E-state index in [1.54, 1.807) is 0 Å². The zero-order valence-electron chi connectivity index (χ0n) is 9.34. The molecule has 0 spiro atoms. The average molecular weight is 248 g/mol. The number of esters is 1. The Labute approximate surface area is 101 Å². The van der Waals surface area contributed by atoms with E-state index in [-0.39, 0.29) is 23.3 Å². The molecule has 0 saturated carbocycles. The summed E-state index contributed by atoms with van der Waals surface area (Å²) in [6.45, 7) is 1.22. The Bertz CT molecular complexity index is 560. The average Bonchev–Trinajstić information content (AvgIpc) is 2.55. The topological polar surface area (TPSA) is 86.7 Å². The van der Waals surface area contributed by atoms with Crippen molar-refractivity contribution in [1.29, 1.82) is 0 Å². The van der Waals surface area contributed by atoms with Gasteiger partial charge in [0.1, 0.15) is 5.75 Å². The fourth-order valence-electron chi connectivity index (χ4n) is 1.80. The summed E-state index contributed by atoms with van der Waals surface area (Å²) in [6, 6.07) is 4.29. The summed E-state index contributed by atoms with van der Waals surface area (Å²) in [5, 5.41) is 0. The third-order valence-electron chi connectivity index (χ3n) is 2.46. The summed E-state index contributed by atoms with van der Waals surface area (Å²) in [4.78, 5) is 44.8. The largest absolute Gasteiger partial charge is 0.448 e. The first-order valence-electron chi connectivity index (χ1n) is 5.05. The van der Waals surface area contributed by atoms with Crippen molar-refractivity contribution < 1.29 is 28.7 Å². The minimum absolute atomic E-state index is 0.00431. The zero-order valence-corrected chi connectivity index (χ0v) is 9.34. The molecule has 1 aromatic rings. The van der Waals surface area contributed by atoms with Crippen LogP contribution in [-0.4, -0.2) is 30.1 Å². The van der Waals surface area contributed by atoms with Crippen LogP contribution >= 0.6 is 0 Å². The van der Waals surface area contributed by atoms with Gasteiger partial charge in [0.25, 0.3) is 6.47 Å². The first kappa shape index (κ1) is 12.0. The number of benzene rings is 1. The van der Waals surface area contributed by atoms with Crippen molar-refractivity contribution >= 4 is 24.0 Å². The van der Waals surface area contributed by atoms with E-state index in [0.717, 1.165) is 0 Å². The van der Waals surface area contributed by atoms with Crippen LogP contribution in [0.4, 0.5) is 0 Å². The molecule has 18 heavy (non-hydrogen) atoms. The molecule has 1 aliphatic rings. The van der Waals surface area contributed by atoms with Crippen molar-refractivity contribution in [3.05, 3.63) is 29.3 Å². The fourth-order valence-corrected chi connectivity index (χ4v) is 1.80. The molecule has 6 nitrogen and oxygen atoms in total. The van der Waals surface area contributed by atoms with E-state index in [1.165, 1.54) is 25.1 Å². The van der Waals surface area contributed by atoms with Crippen LogP contribution in [0.1, 0.15) is 27.6 Å². The number of carbonyl (C=O) groups is 4. The molecule has 1 unspecified atom stereocenters. The Morgan fingerprint density at radius 3 is 2.61 bits per heavy atom. The van der Waals surface area contributed by atoms with Crippen molar-refractivity contribution in [2.75, 3.05) is 0 Å². The van der Waals surface area contributed by atoms with Crippen molar-refractivity contribution in [2.45, 2.75) is 13.0 Å². The van der Waals surface area contributed by atoms with E-state index in [2.05, 4.69) is 4.74 Å². The summed E-state index contributed by atoms with van der Waals surface area (Å²) < 4.78 is 9.30. The molecular weight excluding hydrogens is 240 g/mol. The number of rotatable bonds is 3. The predicted molar refractivity (Wildman–Crippen MR) is 57.3 cm³/mol. The number of fused-ring (bicyclic) bond motifs is 1. The van der Waals surface area contributed by atoms with Gasteiger partial charge in [0.05, 0.1) is 5.56 Å². The first-order chi connectivity index (χ1) is 8.56. The number of Topliss-reactive ketones (excluding diaryl/α,β-unsaturated/α-hetero) is 2. The Kier molecular flexibility index (Phi) is 2.93. The van der Waals surface area contributed by atoms with Crippen LogP contribution in [0.3, 0.4) is 0 Å². The molecule has 0 fully saturated rings. The number of hydrogen-bond acceptors (Lipinski definition) is 6. The SMILES string of the molecule is CC(=O)Oc1cccc2c1C(=O)C(OC=O)C2=O. The van der Waals surface area contributed by atoms with E-state index in [0.29, 0.717) is 0 Å². The van der Waals surface area contributed by atoms with Gasteiger partial charge < -0.3 is 9.47 Å². The molecular formula is C12H8O6. The highest BCUT2D eigenvalue weighted by Gasteiger charge is 2.42. The summed E-state index contributed by atoms with van der Waals surface area (Å²) in [5.41, 5.74) is 0.0650. The summed E-state index contributed by atoms with van der Waals surface area (Å²) in [6.07, 6.45) is -1.48. The summed E-state index contributed by atoms with van der Waals surface area (Å²) >= 11 is 0. The highest BCUT2D eigenvalue weighted by atomic mass is 16.5. The number of hydrogen-bond donors (Lipinski definition) is 0. The second kappa shape index (κ2) is 4.40. The maximum atomic E-state index is 11.9. The van der Waals surface area contributed by atoms with Crippen LogP contribution in [0.25, 0.3) is 0 Å². The van der Waals surface area contributed by atoms with Crippen LogP contribution < -0.4 is 4.74 Å². The molecule has 1 atom stereocenters. The Morgan fingerprint density at radius 2 is 2.00 bits per heavy atom.